The van der Waals surface area contributed by atoms with Crippen LogP contribution in [0.4, 0.5) is 0 Å². The molecule has 1 aromatic rings. The molecule has 0 N–H and O–H groups in total. The van der Waals surface area contributed by atoms with Gasteiger partial charge in [0.25, 0.3) is 0 Å². The summed E-state index contributed by atoms with van der Waals surface area (Å²) >= 11 is 0. The molecule has 76 valence electrons. The van der Waals surface area contributed by atoms with Gasteiger partial charge in [-0.15, -0.1) is 6.58 Å². The summed E-state index contributed by atoms with van der Waals surface area (Å²) in [5.74, 6) is 0. The molecule has 3 heteroatoms. The highest BCUT2D eigenvalue weighted by molar-refractivity contribution is 5.17. The Bertz CT molecular complexity index is 275. The monoisotopic (exact) mass is 193 g/mol. The third-order valence-electron chi connectivity index (χ3n) is 2.55. The summed E-state index contributed by atoms with van der Waals surface area (Å²) < 4.78 is 10.4. The van der Waals surface area contributed by atoms with Crippen molar-refractivity contribution in [1.29, 1.82) is 0 Å². The van der Waals surface area contributed by atoms with Gasteiger partial charge in [-0.1, -0.05) is 6.08 Å². The van der Waals surface area contributed by atoms with Gasteiger partial charge < -0.3 is 9.15 Å². The highest BCUT2D eigenvalue weighted by Crippen LogP contribution is 2.22. The molecule has 14 heavy (non-hydrogen) atoms. The summed E-state index contributed by atoms with van der Waals surface area (Å²) in [7, 11) is 0. The first-order valence-electron chi connectivity index (χ1n) is 4.88. The molecule has 1 atom stereocenters. The maximum atomic E-state index is 5.31. The molecule has 1 fully saturated rings. The van der Waals surface area contributed by atoms with Crippen LogP contribution in [0.2, 0.25) is 0 Å². The SMILES string of the molecule is C=C[C@@H](c1ccoc1)N1CCOCC1. The van der Waals surface area contributed by atoms with Crippen molar-refractivity contribution in [1.82, 2.24) is 4.90 Å². The van der Waals surface area contributed by atoms with E-state index in [9.17, 15) is 0 Å². The van der Waals surface area contributed by atoms with Crippen LogP contribution in [0.25, 0.3) is 0 Å². The molecular weight excluding hydrogens is 178 g/mol. The van der Waals surface area contributed by atoms with Crippen LogP contribution in [0.1, 0.15) is 11.6 Å². The van der Waals surface area contributed by atoms with E-state index in [1.807, 2.05) is 12.1 Å². The van der Waals surface area contributed by atoms with Crippen LogP contribution in [-0.2, 0) is 4.74 Å². The van der Waals surface area contributed by atoms with Gasteiger partial charge >= 0.3 is 0 Å². The Hall–Kier alpha value is -1.06. The number of hydrogen-bond donors (Lipinski definition) is 0. The lowest BCUT2D eigenvalue weighted by molar-refractivity contribution is 0.0253. The number of nitrogens with zero attached hydrogens (tertiary/aromatic N) is 1. The smallest absolute Gasteiger partial charge is 0.0953 e. The van der Waals surface area contributed by atoms with Crippen LogP contribution in [0.15, 0.2) is 35.7 Å². The molecule has 1 aliphatic heterocycles. The van der Waals surface area contributed by atoms with Crippen LogP contribution < -0.4 is 0 Å². The summed E-state index contributed by atoms with van der Waals surface area (Å²) in [5, 5.41) is 0. The van der Waals surface area contributed by atoms with Crippen LogP contribution in [0.3, 0.4) is 0 Å². The Morgan fingerprint density at radius 2 is 2.21 bits per heavy atom. The Morgan fingerprint density at radius 3 is 2.79 bits per heavy atom. The molecule has 2 rings (SSSR count). The van der Waals surface area contributed by atoms with E-state index in [-0.39, 0.29) is 6.04 Å². The minimum atomic E-state index is 0.262. The van der Waals surface area contributed by atoms with E-state index in [4.69, 9.17) is 9.15 Å². The Morgan fingerprint density at radius 1 is 1.43 bits per heavy atom. The predicted octanol–water partition coefficient (Wildman–Crippen LogP) is 1.84. The first kappa shape index (κ1) is 9.49. The van der Waals surface area contributed by atoms with E-state index in [2.05, 4.69) is 11.5 Å². The molecule has 0 aliphatic carbocycles. The predicted molar refractivity (Wildman–Crippen MR) is 54.0 cm³/mol. The summed E-state index contributed by atoms with van der Waals surface area (Å²) in [6.07, 6.45) is 5.43. The van der Waals surface area contributed by atoms with E-state index < -0.39 is 0 Å². The maximum absolute atomic E-state index is 5.31. The molecule has 1 saturated heterocycles. The van der Waals surface area contributed by atoms with Crippen molar-refractivity contribution in [3.05, 3.63) is 36.8 Å². The molecule has 2 heterocycles. The fourth-order valence-electron chi connectivity index (χ4n) is 1.79. The van der Waals surface area contributed by atoms with Crippen molar-refractivity contribution >= 4 is 0 Å². The van der Waals surface area contributed by atoms with Crippen LogP contribution in [0.5, 0.6) is 0 Å². The summed E-state index contributed by atoms with van der Waals surface area (Å²) in [6, 6.07) is 2.25. The zero-order valence-electron chi connectivity index (χ0n) is 8.19. The van der Waals surface area contributed by atoms with Gasteiger partial charge in [0.05, 0.1) is 31.8 Å². The molecule has 0 radical (unpaired) electrons. The van der Waals surface area contributed by atoms with E-state index >= 15 is 0 Å². The lowest BCUT2D eigenvalue weighted by atomic mass is 10.1. The number of morpholine rings is 1. The summed E-state index contributed by atoms with van der Waals surface area (Å²) in [6.45, 7) is 7.40. The molecule has 0 aromatic carbocycles. The molecule has 0 bridgehead atoms. The molecule has 1 aromatic heterocycles. The fraction of sp³-hybridized carbons (Fsp3) is 0.455. The van der Waals surface area contributed by atoms with Crippen molar-refractivity contribution in [2.75, 3.05) is 26.3 Å². The average molecular weight is 193 g/mol. The number of furan rings is 1. The van der Waals surface area contributed by atoms with E-state index in [1.165, 1.54) is 5.56 Å². The number of rotatable bonds is 3. The molecular formula is C11H15NO2. The van der Waals surface area contributed by atoms with E-state index in [0.29, 0.717) is 0 Å². The van der Waals surface area contributed by atoms with E-state index in [1.54, 1.807) is 12.5 Å². The zero-order chi connectivity index (χ0) is 9.80. The van der Waals surface area contributed by atoms with Gasteiger partial charge in [0.1, 0.15) is 0 Å². The largest absolute Gasteiger partial charge is 0.472 e. The van der Waals surface area contributed by atoms with Crippen LogP contribution >= 0.6 is 0 Å². The maximum Gasteiger partial charge on any atom is 0.0953 e. The summed E-state index contributed by atoms with van der Waals surface area (Å²) in [4.78, 5) is 2.35. The van der Waals surface area contributed by atoms with Gasteiger partial charge in [-0.25, -0.2) is 0 Å². The Balaban J connectivity index is 2.08. The normalized spacial score (nSPS) is 20.6. The Kier molecular flexibility index (Phi) is 3.01. The van der Waals surface area contributed by atoms with Crippen molar-refractivity contribution in [2.45, 2.75) is 6.04 Å². The fourth-order valence-corrected chi connectivity index (χ4v) is 1.79. The van der Waals surface area contributed by atoms with Crippen LogP contribution in [-0.4, -0.2) is 31.2 Å². The van der Waals surface area contributed by atoms with Gasteiger partial charge in [-0.2, -0.15) is 0 Å². The van der Waals surface area contributed by atoms with Gasteiger partial charge in [0, 0.05) is 18.7 Å². The lowest BCUT2D eigenvalue weighted by Crippen LogP contribution is -2.38. The number of ether oxygens (including phenoxy) is 1. The standard InChI is InChI=1S/C11H15NO2/c1-2-11(10-3-6-14-9-10)12-4-7-13-8-5-12/h2-3,6,9,11H,1,4-5,7-8H2/t11-/m0/s1. The first-order chi connectivity index (χ1) is 6.92. The van der Waals surface area contributed by atoms with Crippen molar-refractivity contribution < 1.29 is 9.15 Å². The average Bonchev–Trinajstić information content (AvgIpc) is 2.74. The molecule has 0 unspecified atom stereocenters. The molecule has 3 nitrogen and oxygen atoms in total. The van der Waals surface area contributed by atoms with Gasteiger partial charge in [0.2, 0.25) is 0 Å². The third-order valence-corrected chi connectivity index (χ3v) is 2.55. The molecule has 0 saturated carbocycles. The van der Waals surface area contributed by atoms with Crippen molar-refractivity contribution in [2.24, 2.45) is 0 Å². The minimum Gasteiger partial charge on any atom is -0.472 e. The second-order valence-electron chi connectivity index (χ2n) is 3.39. The highest BCUT2D eigenvalue weighted by Gasteiger charge is 2.20. The Labute approximate surface area is 84.0 Å². The summed E-state index contributed by atoms with van der Waals surface area (Å²) in [5.41, 5.74) is 1.17. The second kappa shape index (κ2) is 4.44. The second-order valence-corrected chi connectivity index (χ2v) is 3.39. The van der Waals surface area contributed by atoms with Crippen molar-refractivity contribution in [3.63, 3.8) is 0 Å². The number of hydrogen-bond acceptors (Lipinski definition) is 3. The van der Waals surface area contributed by atoms with Crippen LogP contribution in [0, 0.1) is 0 Å². The topological polar surface area (TPSA) is 25.6 Å². The molecule has 0 spiro atoms. The van der Waals surface area contributed by atoms with E-state index in [0.717, 1.165) is 26.3 Å². The van der Waals surface area contributed by atoms with Gasteiger partial charge in [-0.3, -0.25) is 4.90 Å². The highest BCUT2D eigenvalue weighted by atomic mass is 16.5. The zero-order valence-corrected chi connectivity index (χ0v) is 8.19. The minimum absolute atomic E-state index is 0.262. The van der Waals surface area contributed by atoms with Crippen molar-refractivity contribution in [3.8, 4) is 0 Å². The molecule has 1 aliphatic rings. The molecule has 0 amide bonds. The van der Waals surface area contributed by atoms with Gasteiger partial charge in [-0.05, 0) is 6.07 Å². The lowest BCUT2D eigenvalue weighted by Gasteiger charge is -2.32. The third kappa shape index (κ3) is 1.89. The first-order valence-corrected chi connectivity index (χ1v) is 4.88. The quantitative estimate of drug-likeness (QED) is 0.685. The van der Waals surface area contributed by atoms with Gasteiger partial charge in [0.15, 0.2) is 0 Å².